The molecule has 190 valence electrons. The molecule has 1 N–H and O–H groups in total. The zero-order valence-corrected chi connectivity index (χ0v) is 19.1. The summed E-state index contributed by atoms with van der Waals surface area (Å²) in [6.45, 7) is -0.621. The Kier molecular flexibility index (Phi) is 7.00. The van der Waals surface area contributed by atoms with Crippen LogP contribution in [0.25, 0.3) is 11.4 Å². The predicted molar refractivity (Wildman–Crippen MR) is 116 cm³/mol. The number of pyridine rings is 1. The van der Waals surface area contributed by atoms with Crippen LogP contribution in [0.4, 0.5) is 22.0 Å². The zero-order valence-electron chi connectivity index (χ0n) is 18.3. The number of carbonyl (C=O) groups is 1. The van der Waals surface area contributed by atoms with Crippen molar-refractivity contribution >= 4 is 15.9 Å². The second kappa shape index (κ2) is 9.85. The molecule has 1 fully saturated rings. The van der Waals surface area contributed by atoms with Crippen LogP contribution >= 0.6 is 0 Å². The average Bonchev–Trinajstić information content (AvgIpc) is 3.25. The monoisotopic (exact) mass is 527 g/mol. The summed E-state index contributed by atoms with van der Waals surface area (Å²) < 4.78 is 92.0. The predicted octanol–water partition coefficient (Wildman–Crippen LogP) is 3.11. The van der Waals surface area contributed by atoms with Crippen molar-refractivity contribution in [2.24, 2.45) is 0 Å². The van der Waals surface area contributed by atoms with E-state index in [1.54, 1.807) is 0 Å². The molecule has 2 atom stereocenters. The fourth-order valence-corrected chi connectivity index (χ4v) is 5.27. The van der Waals surface area contributed by atoms with Crippen LogP contribution in [0.15, 0.2) is 59.9 Å². The molecule has 36 heavy (non-hydrogen) atoms. The van der Waals surface area contributed by atoms with Gasteiger partial charge in [0.05, 0.1) is 23.0 Å². The van der Waals surface area contributed by atoms with Crippen molar-refractivity contribution in [3.8, 4) is 11.4 Å². The van der Waals surface area contributed by atoms with Gasteiger partial charge in [0, 0.05) is 25.7 Å². The number of hydrogen-bond acceptors (Lipinski definition) is 6. The molecule has 0 aliphatic carbocycles. The molecule has 2 unspecified atom stereocenters. The highest BCUT2D eigenvalue weighted by atomic mass is 32.2. The third kappa shape index (κ3) is 5.49. The number of nitrogens with zero attached hydrogens (tertiary/aromatic N) is 4. The summed E-state index contributed by atoms with van der Waals surface area (Å²) in [6, 6.07) is 5.65. The van der Waals surface area contributed by atoms with Gasteiger partial charge in [-0.2, -0.15) is 17.5 Å². The van der Waals surface area contributed by atoms with Crippen LogP contribution in [0.2, 0.25) is 0 Å². The maximum atomic E-state index is 14.2. The quantitative estimate of drug-likeness (QED) is 0.494. The first kappa shape index (κ1) is 25.6. The molecule has 1 saturated heterocycles. The molecular weight excluding hydrogens is 509 g/mol. The highest BCUT2D eigenvalue weighted by Gasteiger charge is 2.44. The molecule has 2 aromatic heterocycles. The molecule has 0 bridgehead atoms. The molecule has 1 aromatic carbocycles. The Morgan fingerprint density at radius 3 is 2.42 bits per heavy atom. The van der Waals surface area contributed by atoms with Crippen LogP contribution in [-0.2, 0) is 27.5 Å². The third-order valence-corrected chi connectivity index (χ3v) is 7.31. The number of halogens is 5. The lowest BCUT2D eigenvalue weighted by atomic mass is 10.1. The summed E-state index contributed by atoms with van der Waals surface area (Å²) in [5.41, 5.74) is -0.396. The van der Waals surface area contributed by atoms with Crippen molar-refractivity contribution in [1.29, 1.82) is 0 Å². The maximum Gasteiger partial charge on any atom is 0.434 e. The number of alkyl halides is 4. The van der Waals surface area contributed by atoms with Crippen molar-refractivity contribution in [2.45, 2.75) is 36.3 Å². The Morgan fingerprint density at radius 2 is 1.78 bits per heavy atom. The lowest BCUT2D eigenvalue weighted by molar-refractivity contribution is -0.141. The maximum absolute atomic E-state index is 14.2. The number of amides is 1. The Labute approximate surface area is 202 Å². The number of carbonyl (C=O) groups excluding carboxylic acids is 1. The van der Waals surface area contributed by atoms with Crippen molar-refractivity contribution < 1.29 is 35.2 Å². The largest absolute Gasteiger partial charge is 0.434 e. The molecule has 14 heteroatoms. The van der Waals surface area contributed by atoms with Crippen molar-refractivity contribution in [2.75, 3.05) is 6.54 Å². The van der Waals surface area contributed by atoms with Gasteiger partial charge in [0.15, 0.2) is 5.69 Å². The van der Waals surface area contributed by atoms with Gasteiger partial charge in [0.25, 0.3) is 0 Å². The first-order valence-corrected chi connectivity index (χ1v) is 11.9. The Morgan fingerprint density at radius 1 is 1.06 bits per heavy atom. The van der Waals surface area contributed by atoms with Gasteiger partial charge in [-0.15, -0.1) is 0 Å². The summed E-state index contributed by atoms with van der Waals surface area (Å²) in [5, 5.41) is 2.55. The van der Waals surface area contributed by atoms with E-state index >= 15 is 0 Å². The Hall–Kier alpha value is -3.52. The van der Waals surface area contributed by atoms with E-state index in [1.807, 2.05) is 0 Å². The summed E-state index contributed by atoms with van der Waals surface area (Å²) in [6.07, 6.45) is -3.70. The zero-order chi connectivity index (χ0) is 26.1. The minimum absolute atomic E-state index is 0.0730. The highest BCUT2D eigenvalue weighted by molar-refractivity contribution is 7.89. The molecule has 1 aliphatic heterocycles. The van der Waals surface area contributed by atoms with E-state index in [4.69, 9.17) is 0 Å². The summed E-state index contributed by atoms with van der Waals surface area (Å²) >= 11 is 0. The summed E-state index contributed by atoms with van der Waals surface area (Å²) in [4.78, 5) is 23.6. The number of nitrogens with one attached hydrogen (secondary N) is 1. The van der Waals surface area contributed by atoms with Gasteiger partial charge in [-0.3, -0.25) is 14.8 Å². The van der Waals surface area contributed by atoms with Crippen molar-refractivity contribution in [3.63, 3.8) is 0 Å². The molecule has 0 saturated carbocycles. The Balaban J connectivity index is 1.46. The van der Waals surface area contributed by atoms with E-state index in [0.29, 0.717) is 11.8 Å². The number of benzene rings is 1. The fraction of sp³-hybridized carbons (Fsp3) is 0.273. The molecule has 0 radical (unpaired) electrons. The van der Waals surface area contributed by atoms with E-state index in [1.165, 1.54) is 18.3 Å². The molecule has 3 aromatic rings. The van der Waals surface area contributed by atoms with Gasteiger partial charge in [-0.25, -0.2) is 22.2 Å². The van der Waals surface area contributed by atoms with Crippen LogP contribution in [0.1, 0.15) is 17.7 Å². The van der Waals surface area contributed by atoms with Crippen LogP contribution in [-0.4, -0.2) is 52.3 Å². The highest BCUT2D eigenvalue weighted by Crippen LogP contribution is 2.29. The number of sulfonamides is 1. The van der Waals surface area contributed by atoms with E-state index < -0.39 is 52.4 Å². The number of aromatic nitrogens is 3. The SMILES string of the molecule is O=C(NCc1ccnc(-c2cnc(C(F)(F)F)cn2)c1)C1CC(F)CN1S(=O)(=O)c1ccc(F)cc1. The minimum Gasteiger partial charge on any atom is -0.351 e. The molecule has 1 aliphatic rings. The normalized spacial score (nSPS) is 18.8. The second-order valence-electron chi connectivity index (χ2n) is 7.93. The average molecular weight is 527 g/mol. The number of rotatable bonds is 6. The summed E-state index contributed by atoms with van der Waals surface area (Å²) in [7, 11) is -4.26. The van der Waals surface area contributed by atoms with Gasteiger partial charge in [0.1, 0.15) is 23.7 Å². The summed E-state index contributed by atoms with van der Waals surface area (Å²) in [5.74, 6) is -1.39. The molecule has 8 nitrogen and oxygen atoms in total. The molecule has 4 rings (SSSR count). The van der Waals surface area contributed by atoms with Crippen LogP contribution in [0.5, 0.6) is 0 Å². The van der Waals surface area contributed by atoms with Gasteiger partial charge < -0.3 is 5.32 Å². The molecule has 3 heterocycles. The van der Waals surface area contributed by atoms with E-state index in [0.717, 1.165) is 34.8 Å². The van der Waals surface area contributed by atoms with Crippen LogP contribution in [0.3, 0.4) is 0 Å². The standard InChI is InChI=1S/C22H18F5N5O3S/c23-14-1-3-16(4-2-14)36(34,35)32-12-15(24)8-19(32)21(33)31-9-13-5-6-28-17(7-13)18-10-30-20(11-29-18)22(25,26)27/h1-7,10-11,15,19H,8-9,12H2,(H,31,33). The minimum atomic E-state index is -4.64. The first-order valence-electron chi connectivity index (χ1n) is 10.5. The molecule has 1 amide bonds. The lowest BCUT2D eigenvalue weighted by Gasteiger charge is -2.23. The fourth-order valence-electron chi connectivity index (χ4n) is 3.64. The van der Waals surface area contributed by atoms with E-state index in [-0.39, 0.29) is 29.2 Å². The van der Waals surface area contributed by atoms with Gasteiger partial charge in [0.2, 0.25) is 15.9 Å². The lowest BCUT2D eigenvalue weighted by Crippen LogP contribution is -2.45. The number of hydrogen-bond donors (Lipinski definition) is 1. The van der Waals surface area contributed by atoms with Gasteiger partial charge in [-0.05, 0) is 42.0 Å². The van der Waals surface area contributed by atoms with Crippen molar-refractivity contribution in [1.82, 2.24) is 24.6 Å². The topological polar surface area (TPSA) is 105 Å². The Bertz CT molecular complexity index is 1350. The smallest absolute Gasteiger partial charge is 0.351 e. The van der Waals surface area contributed by atoms with Crippen LogP contribution < -0.4 is 5.32 Å². The molecule has 0 spiro atoms. The first-order chi connectivity index (χ1) is 16.9. The van der Waals surface area contributed by atoms with Gasteiger partial charge in [-0.1, -0.05) is 0 Å². The molecular formula is C22H18F5N5O3S. The van der Waals surface area contributed by atoms with Gasteiger partial charge >= 0.3 is 6.18 Å². The van der Waals surface area contributed by atoms with Crippen molar-refractivity contribution in [3.05, 3.63) is 72.1 Å². The second-order valence-corrected chi connectivity index (χ2v) is 9.82. The van der Waals surface area contributed by atoms with E-state index in [2.05, 4.69) is 20.3 Å². The van der Waals surface area contributed by atoms with Crippen LogP contribution in [0, 0.1) is 5.82 Å². The van der Waals surface area contributed by atoms with E-state index in [9.17, 15) is 35.2 Å². The third-order valence-electron chi connectivity index (χ3n) is 5.42.